The largest absolute Gasteiger partial charge is 0.370 e. The zero-order chi connectivity index (χ0) is 13.2. The SMILES string of the molecule is CCCNc1cc(-n2cc(Cl)cn2)nc(C2CC2)n1. The van der Waals surface area contributed by atoms with Gasteiger partial charge in [0, 0.05) is 18.5 Å². The van der Waals surface area contributed by atoms with E-state index in [0.29, 0.717) is 10.9 Å². The summed E-state index contributed by atoms with van der Waals surface area (Å²) in [5, 5.41) is 8.11. The third-order valence-electron chi connectivity index (χ3n) is 3.01. The van der Waals surface area contributed by atoms with Crippen molar-refractivity contribution in [1.82, 2.24) is 19.7 Å². The highest BCUT2D eigenvalue weighted by atomic mass is 35.5. The van der Waals surface area contributed by atoms with Crippen LogP contribution in [0.2, 0.25) is 5.02 Å². The molecule has 6 heteroatoms. The number of aromatic nitrogens is 4. The number of anilines is 1. The van der Waals surface area contributed by atoms with Crippen molar-refractivity contribution in [3.63, 3.8) is 0 Å². The van der Waals surface area contributed by atoms with Crippen LogP contribution in [-0.2, 0) is 0 Å². The van der Waals surface area contributed by atoms with Crippen LogP contribution in [0, 0.1) is 0 Å². The zero-order valence-electron chi connectivity index (χ0n) is 10.8. The molecule has 1 aliphatic rings. The molecule has 5 nitrogen and oxygen atoms in total. The van der Waals surface area contributed by atoms with E-state index in [9.17, 15) is 0 Å². The summed E-state index contributed by atoms with van der Waals surface area (Å²) < 4.78 is 1.69. The zero-order valence-corrected chi connectivity index (χ0v) is 11.6. The molecule has 2 aromatic rings. The molecule has 0 aliphatic heterocycles. The Bertz CT molecular complexity index is 576. The van der Waals surface area contributed by atoms with E-state index in [1.54, 1.807) is 17.1 Å². The van der Waals surface area contributed by atoms with Gasteiger partial charge in [-0.25, -0.2) is 14.6 Å². The van der Waals surface area contributed by atoms with Gasteiger partial charge in [-0.15, -0.1) is 0 Å². The fourth-order valence-corrected chi connectivity index (χ4v) is 2.00. The lowest BCUT2D eigenvalue weighted by atomic mass is 10.3. The molecular weight excluding hydrogens is 262 g/mol. The number of halogens is 1. The van der Waals surface area contributed by atoms with Crippen molar-refractivity contribution in [3.05, 3.63) is 29.3 Å². The van der Waals surface area contributed by atoms with Crippen molar-refractivity contribution >= 4 is 17.4 Å². The van der Waals surface area contributed by atoms with E-state index < -0.39 is 0 Å². The molecule has 2 aromatic heterocycles. The first-order chi connectivity index (χ1) is 9.26. The van der Waals surface area contributed by atoms with Crippen molar-refractivity contribution < 1.29 is 0 Å². The molecule has 0 saturated heterocycles. The fraction of sp³-hybridized carbons (Fsp3) is 0.462. The van der Waals surface area contributed by atoms with Gasteiger partial charge in [0.05, 0.1) is 17.4 Å². The van der Waals surface area contributed by atoms with E-state index >= 15 is 0 Å². The molecule has 0 spiro atoms. The molecule has 3 rings (SSSR count). The van der Waals surface area contributed by atoms with E-state index in [0.717, 1.165) is 30.4 Å². The first-order valence-electron chi connectivity index (χ1n) is 6.59. The fourth-order valence-electron chi connectivity index (χ4n) is 1.86. The summed E-state index contributed by atoms with van der Waals surface area (Å²) in [5.41, 5.74) is 0. The van der Waals surface area contributed by atoms with Crippen molar-refractivity contribution in [2.45, 2.75) is 32.1 Å². The lowest BCUT2D eigenvalue weighted by Crippen LogP contribution is -2.08. The second kappa shape index (κ2) is 5.17. The van der Waals surface area contributed by atoms with Crippen LogP contribution in [0.25, 0.3) is 5.82 Å². The summed E-state index contributed by atoms with van der Waals surface area (Å²) in [6.45, 7) is 3.03. The van der Waals surface area contributed by atoms with Crippen LogP contribution in [0.5, 0.6) is 0 Å². The van der Waals surface area contributed by atoms with Gasteiger partial charge in [-0.05, 0) is 19.3 Å². The van der Waals surface area contributed by atoms with Crippen LogP contribution in [-0.4, -0.2) is 26.3 Å². The Balaban J connectivity index is 1.95. The van der Waals surface area contributed by atoms with Gasteiger partial charge >= 0.3 is 0 Å². The Morgan fingerprint density at radius 3 is 2.89 bits per heavy atom. The molecule has 0 amide bonds. The average molecular weight is 278 g/mol. The Morgan fingerprint density at radius 1 is 1.42 bits per heavy atom. The van der Waals surface area contributed by atoms with E-state index in [1.807, 2.05) is 6.07 Å². The Morgan fingerprint density at radius 2 is 2.26 bits per heavy atom. The van der Waals surface area contributed by atoms with Crippen molar-refractivity contribution in [2.75, 3.05) is 11.9 Å². The predicted molar refractivity (Wildman–Crippen MR) is 74.9 cm³/mol. The second-order valence-electron chi connectivity index (χ2n) is 4.77. The van der Waals surface area contributed by atoms with Crippen LogP contribution < -0.4 is 5.32 Å². The third-order valence-corrected chi connectivity index (χ3v) is 3.21. The minimum atomic E-state index is 0.508. The monoisotopic (exact) mass is 277 g/mol. The molecule has 2 heterocycles. The predicted octanol–water partition coefficient (Wildman–Crippen LogP) is 3.02. The van der Waals surface area contributed by atoms with E-state index in [4.69, 9.17) is 11.6 Å². The molecule has 19 heavy (non-hydrogen) atoms. The Hall–Kier alpha value is -1.62. The van der Waals surface area contributed by atoms with Crippen LogP contribution in [0.1, 0.15) is 37.9 Å². The van der Waals surface area contributed by atoms with Gasteiger partial charge in [-0.3, -0.25) is 0 Å². The van der Waals surface area contributed by atoms with Crippen molar-refractivity contribution in [1.29, 1.82) is 0 Å². The van der Waals surface area contributed by atoms with Crippen LogP contribution >= 0.6 is 11.6 Å². The molecule has 100 valence electrons. The maximum absolute atomic E-state index is 5.91. The molecule has 0 bridgehead atoms. The minimum absolute atomic E-state index is 0.508. The van der Waals surface area contributed by atoms with E-state index in [1.165, 1.54) is 12.8 Å². The van der Waals surface area contributed by atoms with Crippen LogP contribution in [0.3, 0.4) is 0 Å². The number of rotatable bonds is 5. The Labute approximate surface area is 117 Å². The molecule has 1 saturated carbocycles. The molecule has 1 fully saturated rings. The van der Waals surface area contributed by atoms with Crippen LogP contribution in [0.4, 0.5) is 5.82 Å². The van der Waals surface area contributed by atoms with Gasteiger partial charge in [-0.2, -0.15) is 5.10 Å². The van der Waals surface area contributed by atoms with E-state index in [-0.39, 0.29) is 0 Å². The number of hydrogen-bond donors (Lipinski definition) is 1. The number of nitrogens with zero attached hydrogens (tertiary/aromatic N) is 4. The summed E-state index contributed by atoms with van der Waals surface area (Å²) in [6, 6.07) is 1.91. The maximum atomic E-state index is 5.91. The molecule has 0 unspecified atom stereocenters. The molecule has 0 atom stereocenters. The number of nitrogens with one attached hydrogen (secondary N) is 1. The topological polar surface area (TPSA) is 55.6 Å². The number of hydrogen-bond acceptors (Lipinski definition) is 4. The standard InChI is InChI=1S/C13H16ClN5/c1-2-5-15-11-6-12(19-8-10(14)7-16-19)18-13(17-11)9-3-4-9/h6-9H,2-5H2,1H3,(H,15,17,18). The quantitative estimate of drug-likeness (QED) is 0.913. The molecule has 1 N–H and O–H groups in total. The van der Waals surface area contributed by atoms with Gasteiger partial charge in [0.2, 0.25) is 0 Å². The normalized spacial score (nSPS) is 14.6. The minimum Gasteiger partial charge on any atom is -0.370 e. The van der Waals surface area contributed by atoms with Crippen molar-refractivity contribution in [3.8, 4) is 5.82 Å². The average Bonchev–Trinajstić information content (AvgIpc) is 3.18. The third kappa shape index (κ3) is 2.87. The van der Waals surface area contributed by atoms with E-state index in [2.05, 4.69) is 27.3 Å². The van der Waals surface area contributed by atoms with Gasteiger partial charge in [-0.1, -0.05) is 18.5 Å². The highest BCUT2D eigenvalue weighted by molar-refractivity contribution is 6.30. The Kier molecular flexibility index (Phi) is 3.38. The lowest BCUT2D eigenvalue weighted by molar-refractivity contribution is 0.808. The first kappa shape index (κ1) is 12.4. The summed E-state index contributed by atoms with van der Waals surface area (Å²) >= 11 is 5.91. The summed E-state index contributed by atoms with van der Waals surface area (Å²) in [6.07, 6.45) is 6.78. The summed E-state index contributed by atoms with van der Waals surface area (Å²) in [7, 11) is 0. The van der Waals surface area contributed by atoms with Gasteiger partial charge < -0.3 is 5.32 Å². The molecule has 0 aromatic carbocycles. The molecule has 0 radical (unpaired) electrons. The highest BCUT2D eigenvalue weighted by Crippen LogP contribution is 2.38. The molecular formula is C13H16ClN5. The van der Waals surface area contributed by atoms with Gasteiger partial charge in [0.1, 0.15) is 11.6 Å². The van der Waals surface area contributed by atoms with Crippen molar-refractivity contribution in [2.24, 2.45) is 0 Å². The maximum Gasteiger partial charge on any atom is 0.159 e. The van der Waals surface area contributed by atoms with Gasteiger partial charge in [0.15, 0.2) is 5.82 Å². The highest BCUT2D eigenvalue weighted by Gasteiger charge is 2.27. The second-order valence-corrected chi connectivity index (χ2v) is 5.21. The lowest BCUT2D eigenvalue weighted by Gasteiger charge is -2.09. The van der Waals surface area contributed by atoms with Crippen LogP contribution in [0.15, 0.2) is 18.5 Å². The first-order valence-corrected chi connectivity index (χ1v) is 6.97. The van der Waals surface area contributed by atoms with Gasteiger partial charge in [0.25, 0.3) is 0 Å². The summed E-state index contributed by atoms with van der Waals surface area (Å²) in [4.78, 5) is 9.15. The summed E-state index contributed by atoms with van der Waals surface area (Å²) in [5.74, 6) is 3.04. The smallest absolute Gasteiger partial charge is 0.159 e. The molecule has 1 aliphatic carbocycles.